The van der Waals surface area contributed by atoms with Crippen LogP contribution in [0, 0.1) is 6.92 Å². The molecule has 0 amide bonds. The number of aryl methyl sites for hydroxylation is 1. The third kappa shape index (κ3) is 3.06. The highest BCUT2D eigenvalue weighted by Gasteiger charge is 2.12. The molecule has 1 atom stereocenters. The van der Waals surface area contributed by atoms with Crippen molar-refractivity contribution in [2.24, 2.45) is 0 Å². The van der Waals surface area contributed by atoms with Crippen LogP contribution in [0.2, 0.25) is 0 Å². The van der Waals surface area contributed by atoms with E-state index in [9.17, 15) is 5.11 Å². The molecule has 0 aliphatic rings. The minimum Gasteiger partial charge on any atom is -0.388 e. The van der Waals surface area contributed by atoms with Crippen LogP contribution in [0.5, 0.6) is 0 Å². The van der Waals surface area contributed by atoms with Gasteiger partial charge in [0.25, 0.3) is 0 Å². The van der Waals surface area contributed by atoms with Crippen molar-refractivity contribution in [2.75, 3.05) is 0 Å². The predicted octanol–water partition coefficient (Wildman–Crippen LogP) is 3.44. The first-order valence-electron chi connectivity index (χ1n) is 5.46. The molecule has 0 spiro atoms. The Morgan fingerprint density at radius 1 is 1.41 bits per heavy atom. The summed E-state index contributed by atoms with van der Waals surface area (Å²) in [6.07, 6.45) is 0.305. The van der Waals surface area contributed by atoms with Gasteiger partial charge < -0.3 is 5.11 Å². The Labute approximate surface area is 109 Å². The highest BCUT2D eigenvalue weighted by atomic mass is 32.2. The number of benzene rings is 1. The number of nitrogens with zero attached hydrogens (tertiary/aromatic N) is 2. The van der Waals surface area contributed by atoms with Gasteiger partial charge in [-0.3, -0.25) is 0 Å². The molecule has 0 radical (unpaired) electrons. The van der Waals surface area contributed by atoms with Crippen molar-refractivity contribution in [3.63, 3.8) is 0 Å². The molecule has 0 bridgehead atoms. The summed E-state index contributed by atoms with van der Waals surface area (Å²) in [5.74, 6) is 0.797. The molecule has 2 rings (SSSR count). The summed E-state index contributed by atoms with van der Waals surface area (Å²) < 4.78 is 5.07. The number of rotatable bonds is 4. The average molecular weight is 266 g/mol. The van der Waals surface area contributed by atoms with Crippen molar-refractivity contribution < 1.29 is 5.11 Å². The van der Waals surface area contributed by atoms with Gasteiger partial charge in [0.2, 0.25) is 0 Å². The molecule has 0 saturated carbocycles. The zero-order chi connectivity index (χ0) is 12.3. The van der Waals surface area contributed by atoms with Crippen LogP contribution in [0.4, 0.5) is 0 Å². The fraction of sp³-hybridized carbons (Fsp3) is 0.333. The third-order valence-corrected chi connectivity index (χ3v) is 4.31. The van der Waals surface area contributed by atoms with E-state index in [-0.39, 0.29) is 0 Å². The molecule has 1 heterocycles. The molecule has 1 unspecified atom stereocenters. The van der Waals surface area contributed by atoms with Crippen LogP contribution >= 0.6 is 23.3 Å². The second kappa shape index (κ2) is 5.62. The van der Waals surface area contributed by atoms with Gasteiger partial charge >= 0.3 is 0 Å². The normalized spacial score (nSPS) is 12.6. The lowest BCUT2D eigenvalue weighted by molar-refractivity contribution is 0.171. The molecule has 0 fully saturated rings. The van der Waals surface area contributed by atoms with Crippen LogP contribution in [0.25, 0.3) is 0 Å². The van der Waals surface area contributed by atoms with Crippen molar-refractivity contribution in [3.05, 3.63) is 35.7 Å². The van der Waals surface area contributed by atoms with E-state index in [0.29, 0.717) is 6.42 Å². The molecule has 3 nitrogen and oxygen atoms in total. The summed E-state index contributed by atoms with van der Waals surface area (Å²) in [5, 5.41) is 9.95. The fourth-order valence-corrected chi connectivity index (χ4v) is 3.27. The summed E-state index contributed by atoms with van der Waals surface area (Å²) in [7, 11) is 0. The van der Waals surface area contributed by atoms with E-state index in [1.165, 1.54) is 11.5 Å². The van der Waals surface area contributed by atoms with E-state index in [4.69, 9.17) is 0 Å². The first-order valence-corrected chi connectivity index (χ1v) is 7.05. The smallest absolute Gasteiger partial charge is 0.174 e. The number of hydrogen-bond donors (Lipinski definition) is 1. The minimum atomic E-state index is -0.410. The average Bonchev–Trinajstić information content (AvgIpc) is 2.74. The molecule has 1 aromatic heterocycles. The topological polar surface area (TPSA) is 46.0 Å². The van der Waals surface area contributed by atoms with E-state index in [0.717, 1.165) is 20.6 Å². The summed E-state index contributed by atoms with van der Waals surface area (Å²) in [6, 6.07) is 7.89. The van der Waals surface area contributed by atoms with Crippen LogP contribution in [-0.2, 0) is 0 Å². The highest BCUT2D eigenvalue weighted by Crippen LogP contribution is 2.34. The standard InChI is InChI=1S/C12H14N2OS2/c1-3-10(15)9-6-4-5-7-11(9)16-12-13-8(2)14-17-12/h4-7,10,15H,3H2,1-2H3. The molecule has 0 saturated heterocycles. The second-order valence-electron chi connectivity index (χ2n) is 3.67. The molecular weight excluding hydrogens is 252 g/mol. The zero-order valence-corrected chi connectivity index (χ0v) is 11.4. The summed E-state index contributed by atoms with van der Waals surface area (Å²) in [5.41, 5.74) is 0.966. The van der Waals surface area contributed by atoms with Crippen LogP contribution in [-0.4, -0.2) is 14.5 Å². The van der Waals surface area contributed by atoms with Crippen LogP contribution < -0.4 is 0 Å². The van der Waals surface area contributed by atoms with Crippen LogP contribution in [0.15, 0.2) is 33.5 Å². The molecule has 2 aromatic rings. The fourth-order valence-electron chi connectivity index (χ4n) is 1.48. The first kappa shape index (κ1) is 12.5. The largest absolute Gasteiger partial charge is 0.388 e. The van der Waals surface area contributed by atoms with Gasteiger partial charge in [-0.2, -0.15) is 4.37 Å². The van der Waals surface area contributed by atoms with E-state index in [1.807, 2.05) is 38.1 Å². The van der Waals surface area contributed by atoms with Crippen molar-refractivity contribution >= 4 is 23.3 Å². The first-order chi connectivity index (χ1) is 8.20. The zero-order valence-electron chi connectivity index (χ0n) is 9.75. The van der Waals surface area contributed by atoms with E-state index in [2.05, 4.69) is 9.36 Å². The van der Waals surface area contributed by atoms with Gasteiger partial charge in [0.15, 0.2) is 4.34 Å². The second-order valence-corrected chi connectivity index (χ2v) is 5.71. The van der Waals surface area contributed by atoms with Gasteiger partial charge in [-0.15, -0.1) is 0 Å². The molecular formula is C12H14N2OS2. The molecule has 0 aliphatic carbocycles. The Morgan fingerprint density at radius 2 is 2.18 bits per heavy atom. The Morgan fingerprint density at radius 3 is 2.82 bits per heavy atom. The SMILES string of the molecule is CCC(O)c1ccccc1Sc1nc(C)ns1. The van der Waals surface area contributed by atoms with Crippen molar-refractivity contribution in [2.45, 2.75) is 35.6 Å². The Bertz CT molecular complexity index is 499. The van der Waals surface area contributed by atoms with Crippen LogP contribution in [0.3, 0.4) is 0 Å². The van der Waals surface area contributed by atoms with Gasteiger partial charge in [-0.1, -0.05) is 36.9 Å². The maximum atomic E-state index is 9.95. The maximum Gasteiger partial charge on any atom is 0.174 e. The van der Waals surface area contributed by atoms with Crippen molar-refractivity contribution in [3.8, 4) is 0 Å². The number of hydrogen-bond acceptors (Lipinski definition) is 5. The molecule has 5 heteroatoms. The lowest BCUT2D eigenvalue weighted by atomic mass is 10.1. The molecule has 1 N–H and O–H groups in total. The lowest BCUT2D eigenvalue weighted by Gasteiger charge is -2.12. The quantitative estimate of drug-likeness (QED) is 0.920. The Kier molecular flexibility index (Phi) is 4.15. The number of aliphatic hydroxyl groups is 1. The number of aliphatic hydroxyl groups excluding tert-OH is 1. The van der Waals surface area contributed by atoms with Crippen molar-refractivity contribution in [1.82, 2.24) is 9.36 Å². The summed E-state index contributed by atoms with van der Waals surface area (Å²) >= 11 is 2.96. The molecule has 1 aromatic carbocycles. The monoisotopic (exact) mass is 266 g/mol. The van der Waals surface area contributed by atoms with E-state index in [1.54, 1.807) is 11.8 Å². The van der Waals surface area contributed by atoms with Crippen molar-refractivity contribution in [1.29, 1.82) is 0 Å². The Balaban J connectivity index is 2.26. The van der Waals surface area contributed by atoms with Gasteiger partial charge in [0.05, 0.1) is 6.10 Å². The maximum absolute atomic E-state index is 9.95. The van der Waals surface area contributed by atoms with Crippen LogP contribution in [0.1, 0.15) is 30.8 Å². The summed E-state index contributed by atoms with van der Waals surface area (Å²) in [4.78, 5) is 5.37. The number of aromatic nitrogens is 2. The van der Waals surface area contributed by atoms with E-state index >= 15 is 0 Å². The molecule has 90 valence electrons. The van der Waals surface area contributed by atoms with Gasteiger partial charge in [-0.25, -0.2) is 4.98 Å². The summed E-state index contributed by atoms with van der Waals surface area (Å²) in [6.45, 7) is 3.86. The minimum absolute atomic E-state index is 0.410. The molecule has 17 heavy (non-hydrogen) atoms. The third-order valence-electron chi connectivity index (χ3n) is 2.37. The lowest BCUT2D eigenvalue weighted by Crippen LogP contribution is -1.96. The Hall–Kier alpha value is -0.910. The predicted molar refractivity (Wildman–Crippen MR) is 70.5 cm³/mol. The van der Waals surface area contributed by atoms with Gasteiger partial charge in [-0.05, 0) is 36.5 Å². The van der Waals surface area contributed by atoms with Gasteiger partial charge in [0.1, 0.15) is 5.82 Å². The molecule has 0 aliphatic heterocycles. The van der Waals surface area contributed by atoms with E-state index < -0.39 is 6.10 Å². The van der Waals surface area contributed by atoms with Gasteiger partial charge in [0, 0.05) is 4.90 Å². The highest BCUT2D eigenvalue weighted by molar-refractivity contribution is 8.01.